The molecule has 1 aromatic rings. The third kappa shape index (κ3) is 2.72. The molecule has 22 heavy (non-hydrogen) atoms. The van der Waals surface area contributed by atoms with E-state index in [4.69, 9.17) is 4.74 Å². The summed E-state index contributed by atoms with van der Waals surface area (Å²) in [6.07, 6.45) is 1.99. The van der Waals surface area contributed by atoms with E-state index in [0.29, 0.717) is 17.9 Å². The number of ether oxygens (including phenoxy) is 1. The van der Waals surface area contributed by atoms with Gasteiger partial charge in [-0.1, -0.05) is 12.1 Å². The fraction of sp³-hybridized carbons (Fsp3) is 0.611. The van der Waals surface area contributed by atoms with E-state index >= 15 is 0 Å². The lowest BCUT2D eigenvalue weighted by molar-refractivity contribution is -0.140. The van der Waals surface area contributed by atoms with Crippen molar-refractivity contribution in [3.63, 3.8) is 0 Å². The molecule has 2 heterocycles. The molecule has 0 aliphatic carbocycles. The zero-order valence-electron chi connectivity index (χ0n) is 13.8. The first-order valence-electron chi connectivity index (χ1n) is 8.19. The smallest absolute Gasteiger partial charge is 0.230 e. The molecule has 0 saturated carbocycles. The number of methoxy groups -OCH3 is 1. The van der Waals surface area contributed by atoms with Crippen molar-refractivity contribution in [2.45, 2.75) is 38.6 Å². The number of carbonyl (C=O) groups is 1. The highest BCUT2D eigenvalue weighted by Crippen LogP contribution is 2.36. The molecule has 0 aromatic heterocycles. The third-order valence-electron chi connectivity index (χ3n) is 5.31. The minimum Gasteiger partial charge on any atom is -0.497 e. The normalized spacial score (nSPS) is 31.5. The van der Waals surface area contributed by atoms with Crippen molar-refractivity contribution in [3.8, 4) is 5.75 Å². The molecule has 2 aliphatic heterocycles. The fourth-order valence-electron chi connectivity index (χ4n) is 3.78. The van der Waals surface area contributed by atoms with E-state index in [2.05, 4.69) is 36.2 Å². The third-order valence-corrected chi connectivity index (χ3v) is 5.31. The molecular weight excluding hydrogens is 276 g/mol. The van der Waals surface area contributed by atoms with Crippen LogP contribution in [-0.2, 0) is 4.79 Å². The lowest BCUT2D eigenvalue weighted by Crippen LogP contribution is -2.45. The van der Waals surface area contributed by atoms with Gasteiger partial charge in [-0.25, -0.2) is 0 Å². The molecule has 0 unspecified atom stereocenters. The maximum absolute atomic E-state index is 12.9. The second kappa shape index (κ2) is 5.92. The van der Waals surface area contributed by atoms with E-state index in [1.165, 1.54) is 5.56 Å². The van der Waals surface area contributed by atoms with Gasteiger partial charge in [-0.2, -0.15) is 0 Å². The van der Waals surface area contributed by atoms with Crippen molar-refractivity contribution >= 4 is 5.91 Å². The molecule has 3 atom stereocenters. The summed E-state index contributed by atoms with van der Waals surface area (Å²) < 4.78 is 5.22. The summed E-state index contributed by atoms with van der Waals surface area (Å²) in [4.78, 5) is 15.0. The van der Waals surface area contributed by atoms with Crippen LogP contribution in [0.5, 0.6) is 5.75 Å². The molecule has 2 fully saturated rings. The Morgan fingerprint density at radius 3 is 2.68 bits per heavy atom. The quantitative estimate of drug-likeness (QED) is 0.932. The van der Waals surface area contributed by atoms with Crippen LogP contribution in [0.15, 0.2) is 24.3 Å². The number of hydrogen-bond donors (Lipinski definition) is 1. The molecule has 1 N–H and O–H groups in total. The number of rotatable bonds is 3. The maximum Gasteiger partial charge on any atom is 0.230 e. The first-order valence-corrected chi connectivity index (χ1v) is 8.19. The Balaban J connectivity index is 1.72. The number of hydrogen-bond acceptors (Lipinski definition) is 3. The lowest BCUT2D eigenvalue weighted by atomic mass is 9.88. The van der Waals surface area contributed by atoms with Gasteiger partial charge in [-0.3, -0.25) is 4.79 Å². The van der Waals surface area contributed by atoms with Gasteiger partial charge in [-0.05, 0) is 50.9 Å². The first-order chi connectivity index (χ1) is 10.5. The Labute approximate surface area is 132 Å². The SMILES string of the molecule is COc1ccc([C@@H]2C[C@H](C)N(C(=O)[C@@]3(C)CCNC3)C2)cc1. The Morgan fingerprint density at radius 1 is 1.36 bits per heavy atom. The van der Waals surface area contributed by atoms with Gasteiger partial charge in [0.15, 0.2) is 0 Å². The minimum atomic E-state index is -0.219. The van der Waals surface area contributed by atoms with Gasteiger partial charge in [0.05, 0.1) is 12.5 Å². The summed E-state index contributed by atoms with van der Waals surface area (Å²) in [5.74, 6) is 1.64. The molecule has 120 valence electrons. The van der Waals surface area contributed by atoms with Gasteiger partial charge in [0, 0.05) is 25.0 Å². The van der Waals surface area contributed by atoms with Crippen LogP contribution in [0.2, 0.25) is 0 Å². The summed E-state index contributed by atoms with van der Waals surface area (Å²) in [6, 6.07) is 8.59. The number of likely N-dealkylation sites (tertiary alicyclic amines) is 1. The Morgan fingerprint density at radius 2 is 2.09 bits per heavy atom. The van der Waals surface area contributed by atoms with Gasteiger partial charge in [-0.15, -0.1) is 0 Å². The molecule has 0 spiro atoms. The van der Waals surface area contributed by atoms with Crippen LogP contribution in [0.1, 0.15) is 38.2 Å². The number of benzene rings is 1. The summed E-state index contributed by atoms with van der Waals surface area (Å²) in [6.45, 7) is 6.87. The van der Waals surface area contributed by atoms with Gasteiger partial charge in [0.2, 0.25) is 5.91 Å². The fourth-order valence-corrected chi connectivity index (χ4v) is 3.78. The minimum absolute atomic E-state index is 0.219. The van der Waals surface area contributed by atoms with Gasteiger partial charge in [0.1, 0.15) is 5.75 Å². The standard InChI is InChI=1S/C18H26N2O2/c1-13-10-15(14-4-6-16(22-3)7-5-14)11-20(13)17(21)18(2)8-9-19-12-18/h4-7,13,15,19H,8-12H2,1-3H3/t13-,15+,18-/m0/s1. The van der Waals surface area contributed by atoms with Crippen LogP contribution in [0.3, 0.4) is 0 Å². The van der Waals surface area contributed by atoms with Crippen LogP contribution in [0.25, 0.3) is 0 Å². The van der Waals surface area contributed by atoms with E-state index in [-0.39, 0.29) is 5.41 Å². The van der Waals surface area contributed by atoms with Crippen molar-refractivity contribution in [1.29, 1.82) is 0 Å². The highest BCUT2D eigenvalue weighted by atomic mass is 16.5. The highest BCUT2D eigenvalue weighted by Gasteiger charge is 2.43. The van der Waals surface area contributed by atoms with Crippen molar-refractivity contribution in [2.75, 3.05) is 26.7 Å². The first kappa shape index (κ1) is 15.3. The van der Waals surface area contributed by atoms with E-state index in [9.17, 15) is 4.79 Å². The number of nitrogens with zero attached hydrogens (tertiary/aromatic N) is 1. The monoisotopic (exact) mass is 302 g/mol. The molecule has 0 bridgehead atoms. The van der Waals surface area contributed by atoms with Crippen molar-refractivity contribution in [1.82, 2.24) is 10.2 Å². The van der Waals surface area contributed by atoms with Crippen molar-refractivity contribution < 1.29 is 9.53 Å². The lowest BCUT2D eigenvalue weighted by Gasteiger charge is -2.31. The molecule has 0 radical (unpaired) electrons. The van der Waals surface area contributed by atoms with Crippen LogP contribution >= 0.6 is 0 Å². The molecule has 4 heteroatoms. The van der Waals surface area contributed by atoms with E-state index < -0.39 is 0 Å². The second-order valence-corrected chi connectivity index (χ2v) is 7.00. The average molecular weight is 302 g/mol. The predicted octanol–water partition coefficient (Wildman–Crippen LogP) is 2.40. The highest BCUT2D eigenvalue weighted by molar-refractivity contribution is 5.83. The van der Waals surface area contributed by atoms with E-state index in [1.807, 2.05) is 12.1 Å². The number of amides is 1. The summed E-state index contributed by atoms with van der Waals surface area (Å²) in [5, 5.41) is 3.33. The van der Waals surface area contributed by atoms with Crippen LogP contribution in [-0.4, -0.2) is 43.6 Å². The summed E-state index contributed by atoms with van der Waals surface area (Å²) in [5.41, 5.74) is 1.08. The topological polar surface area (TPSA) is 41.6 Å². The van der Waals surface area contributed by atoms with E-state index in [0.717, 1.165) is 38.2 Å². The van der Waals surface area contributed by atoms with Crippen LogP contribution in [0, 0.1) is 5.41 Å². The predicted molar refractivity (Wildman–Crippen MR) is 87.1 cm³/mol. The maximum atomic E-state index is 12.9. The summed E-state index contributed by atoms with van der Waals surface area (Å²) in [7, 11) is 1.68. The summed E-state index contributed by atoms with van der Waals surface area (Å²) >= 11 is 0. The Hall–Kier alpha value is -1.55. The Bertz CT molecular complexity index is 535. The number of carbonyl (C=O) groups excluding carboxylic acids is 1. The molecule has 2 aliphatic rings. The molecule has 1 amide bonds. The molecule has 1 aromatic carbocycles. The van der Waals surface area contributed by atoms with Crippen LogP contribution in [0.4, 0.5) is 0 Å². The molecule has 2 saturated heterocycles. The zero-order valence-corrected chi connectivity index (χ0v) is 13.8. The average Bonchev–Trinajstić information content (AvgIpc) is 3.14. The van der Waals surface area contributed by atoms with Gasteiger partial charge in [0.25, 0.3) is 0 Å². The molecule has 4 nitrogen and oxygen atoms in total. The molecule has 3 rings (SSSR count). The zero-order chi connectivity index (χ0) is 15.7. The molecular formula is C18H26N2O2. The number of nitrogens with one attached hydrogen (secondary N) is 1. The van der Waals surface area contributed by atoms with Crippen molar-refractivity contribution in [2.24, 2.45) is 5.41 Å². The Kier molecular flexibility index (Phi) is 4.13. The largest absolute Gasteiger partial charge is 0.497 e. The van der Waals surface area contributed by atoms with Crippen LogP contribution < -0.4 is 10.1 Å². The van der Waals surface area contributed by atoms with E-state index in [1.54, 1.807) is 7.11 Å². The van der Waals surface area contributed by atoms with Gasteiger partial charge < -0.3 is 15.0 Å². The van der Waals surface area contributed by atoms with Crippen molar-refractivity contribution in [3.05, 3.63) is 29.8 Å². The van der Waals surface area contributed by atoms with Gasteiger partial charge >= 0.3 is 0 Å². The second-order valence-electron chi connectivity index (χ2n) is 7.00.